The number of carbonyl (C=O) groups is 2. The van der Waals surface area contributed by atoms with Crippen LogP contribution in [-0.2, 0) is 24.8 Å². The maximum absolute atomic E-state index is 14.5. The van der Waals surface area contributed by atoms with E-state index in [-0.39, 0.29) is 5.69 Å². The van der Waals surface area contributed by atoms with Crippen LogP contribution in [0.1, 0.15) is 29.4 Å². The number of benzene rings is 2. The Hall–Kier alpha value is -4.48. The Morgan fingerprint density at radius 2 is 1.85 bits per heavy atom. The average Bonchev–Trinajstić information content (AvgIpc) is 3.61. The van der Waals surface area contributed by atoms with Gasteiger partial charge in [-0.2, -0.15) is 4.80 Å². The number of tetrazole rings is 1. The Bertz CT molecular complexity index is 1660. The average molecular weight is 551 g/mol. The van der Waals surface area contributed by atoms with Crippen LogP contribution in [-0.4, -0.2) is 67.0 Å². The fourth-order valence-electron chi connectivity index (χ4n) is 5.75. The number of rotatable bonds is 5. The lowest BCUT2D eigenvalue weighted by atomic mass is 9.91. The summed E-state index contributed by atoms with van der Waals surface area (Å²) < 4.78 is 50.1. The van der Waals surface area contributed by atoms with E-state index in [1.807, 2.05) is 12.1 Å². The topological polar surface area (TPSA) is 95.1 Å². The first-order valence-electron chi connectivity index (χ1n) is 12.6. The molecule has 0 aliphatic carbocycles. The summed E-state index contributed by atoms with van der Waals surface area (Å²) in [6, 6.07) is 11.2. The van der Waals surface area contributed by atoms with Gasteiger partial charge in [-0.1, -0.05) is 12.1 Å². The summed E-state index contributed by atoms with van der Waals surface area (Å²) in [4.78, 5) is 28.1. The van der Waals surface area contributed by atoms with E-state index < -0.39 is 36.2 Å². The number of aryl methyl sites for hydroxylation is 2. The maximum Gasteiger partial charge on any atom is 0.271 e. The van der Waals surface area contributed by atoms with Gasteiger partial charge in [-0.15, -0.1) is 10.2 Å². The minimum atomic E-state index is -3.19. The van der Waals surface area contributed by atoms with Crippen molar-refractivity contribution >= 4 is 12.2 Å². The van der Waals surface area contributed by atoms with Crippen molar-refractivity contribution in [3.63, 3.8) is 0 Å². The number of halogens is 3. The van der Waals surface area contributed by atoms with Crippen LogP contribution < -0.4 is 4.74 Å². The van der Waals surface area contributed by atoms with E-state index in [0.717, 1.165) is 16.0 Å². The molecule has 0 N–H and O–H groups in total. The lowest BCUT2D eigenvalue weighted by Crippen LogP contribution is -2.47. The van der Waals surface area contributed by atoms with Gasteiger partial charge in [0.2, 0.25) is 5.82 Å². The third-order valence-corrected chi connectivity index (χ3v) is 7.63. The molecule has 0 radical (unpaired) electrons. The molecular weight excluding hydrogens is 525 g/mol. The Kier molecular flexibility index (Phi) is 5.82. The van der Waals surface area contributed by atoms with Crippen LogP contribution in [0.25, 0.3) is 33.8 Å². The van der Waals surface area contributed by atoms with E-state index in [1.54, 1.807) is 36.9 Å². The molecule has 1 atom stereocenters. The van der Waals surface area contributed by atoms with E-state index >= 15 is 0 Å². The van der Waals surface area contributed by atoms with Gasteiger partial charge in [-0.25, -0.2) is 13.2 Å². The molecule has 2 aliphatic rings. The quantitative estimate of drug-likeness (QED) is 0.347. The fraction of sp³-hybridized carbons (Fsp3) is 0.321. The van der Waals surface area contributed by atoms with E-state index in [9.17, 15) is 22.8 Å². The summed E-state index contributed by atoms with van der Waals surface area (Å²) in [6.07, 6.45) is 0.186. The minimum absolute atomic E-state index is 0.167. The molecule has 1 saturated heterocycles. The zero-order chi connectivity index (χ0) is 28.4. The molecule has 206 valence electrons. The second kappa shape index (κ2) is 9.04. The number of ether oxygens (including phenoxy) is 1. The van der Waals surface area contributed by atoms with E-state index in [0.29, 0.717) is 53.2 Å². The van der Waals surface area contributed by atoms with Crippen molar-refractivity contribution in [2.24, 2.45) is 7.05 Å². The number of fused-ring (bicyclic) bond motifs is 3. The van der Waals surface area contributed by atoms with E-state index in [1.165, 1.54) is 23.9 Å². The Balaban J connectivity index is 1.57. The summed E-state index contributed by atoms with van der Waals surface area (Å²) in [5.74, 6) is -3.40. The van der Waals surface area contributed by atoms with Crippen LogP contribution in [0.4, 0.5) is 13.2 Å². The van der Waals surface area contributed by atoms with Gasteiger partial charge in [0.05, 0.1) is 32.0 Å². The predicted octanol–water partition coefficient (Wildman–Crippen LogP) is 4.16. The van der Waals surface area contributed by atoms with E-state index in [4.69, 9.17) is 4.74 Å². The van der Waals surface area contributed by atoms with Crippen LogP contribution in [0, 0.1) is 5.82 Å². The number of hydrogen-bond acceptors (Lipinski definition) is 6. The number of alkyl halides is 2. The van der Waals surface area contributed by atoms with Gasteiger partial charge in [-0.3, -0.25) is 4.79 Å². The van der Waals surface area contributed by atoms with Gasteiger partial charge in [-0.05, 0) is 60.0 Å². The molecule has 0 bridgehead atoms. The molecule has 2 aromatic heterocycles. The van der Waals surface area contributed by atoms with Crippen LogP contribution >= 0.6 is 0 Å². The SMILES string of the molecule is COc1cc2c(cc1-c1nnn(C)n1)-c1c(-c3ccc(F)cc3)cc(C(=O)N3CC(F)(F)CC3(C)C=O)n1CC2. The van der Waals surface area contributed by atoms with Crippen LogP contribution in [0.5, 0.6) is 5.75 Å². The summed E-state index contributed by atoms with van der Waals surface area (Å²) in [7, 11) is 3.19. The first-order chi connectivity index (χ1) is 19.0. The number of amides is 1. The fourth-order valence-corrected chi connectivity index (χ4v) is 5.75. The number of nitrogens with zero attached hydrogens (tertiary/aromatic N) is 6. The highest BCUT2D eigenvalue weighted by atomic mass is 19.3. The molecule has 9 nitrogen and oxygen atoms in total. The molecule has 12 heteroatoms. The van der Waals surface area contributed by atoms with E-state index in [2.05, 4.69) is 15.4 Å². The second-order valence-corrected chi connectivity index (χ2v) is 10.4. The van der Waals surface area contributed by atoms with Gasteiger partial charge >= 0.3 is 0 Å². The zero-order valence-corrected chi connectivity index (χ0v) is 22.0. The zero-order valence-electron chi connectivity index (χ0n) is 22.0. The molecule has 6 rings (SSSR count). The molecule has 4 aromatic rings. The van der Waals surface area contributed by atoms with Gasteiger partial charge in [0.15, 0.2) is 0 Å². The Morgan fingerprint density at radius 1 is 1.10 bits per heavy atom. The molecule has 2 aliphatic heterocycles. The molecule has 0 saturated carbocycles. The first kappa shape index (κ1) is 25.8. The van der Waals surface area contributed by atoms with Crippen molar-refractivity contribution < 1.29 is 27.5 Å². The number of likely N-dealkylation sites (tertiary alicyclic amines) is 1. The Morgan fingerprint density at radius 3 is 2.50 bits per heavy atom. The molecule has 2 aromatic carbocycles. The van der Waals surface area contributed by atoms with Crippen molar-refractivity contribution in [3.05, 3.63) is 59.5 Å². The summed E-state index contributed by atoms with van der Waals surface area (Å²) in [5, 5.41) is 12.4. The highest BCUT2D eigenvalue weighted by Gasteiger charge is 2.54. The number of methoxy groups -OCH3 is 1. The monoisotopic (exact) mass is 550 g/mol. The van der Waals surface area contributed by atoms with Crippen molar-refractivity contribution in [3.8, 4) is 39.5 Å². The number of aromatic nitrogens is 5. The van der Waals surface area contributed by atoms with Gasteiger partial charge < -0.3 is 19.0 Å². The predicted molar refractivity (Wildman–Crippen MR) is 138 cm³/mol. The molecule has 1 amide bonds. The molecule has 1 unspecified atom stereocenters. The van der Waals surface area contributed by atoms with Gasteiger partial charge in [0.1, 0.15) is 29.1 Å². The van der Waals surface area contributed by atoms with Crippen LogP contribution in [0.3, 0.4) is 0 Å². The highest BCUT2D eigenvalue weighted by Crippen LogP contribution is 2.45. The molecular formula is C28H25F3N6O3. The summed E-state index contributed by atoms with van der Waals surface area (Å²) in [6.45, 7) is 0.865. The van der Waals surface area contributed by atoms with Crippen molar-refractivity contribution in [1.29, 1.82) is 0 Å². The van der Waals surface area contributed by atoms with Crippen molar-refractivity contribution in [1.82, 2.24) is 29.7 Å². The third kappa shape index (κ3) is 4.05. The molecule has 4 heterocycles. The van der Waals surface area contributed by atoms with Gasteiger partial charge in [0.25, 0.3) is 11.8 Å². The first-order valence-corrected chi connectivity index (χ1v) is 12.6. The third-order valence-electron chi connectivity index (χ3n) is 7.63. The molecule has 1 fully saturated rings. The molecule has 0 spiro atoms. The minimum Gasteiger partial charge on any atom is -0.496 e. The number of carbonyl (C=O) groups excluding carboxylic acids is 2. The molecule has 40 heavy (non-hydrogen) atoms. The lowest BCUT2D eigenvalue weighted by molar-refractivity contribution is -0.115. The largest absolute Gasteiger partial charge is 0.496 e. The Labute approximate surface area is 227 Å². The van der Waals surface area contributed by atoms with Crippen LogP contribution in [0.15, 0.2) is 42.5 Å². The summed E-state index contributed by atoms with van der Waals surface area (Å²) >= 11 is 0. The van der Waals surface area contributed by atoms with Crippen molar-refractivity contribution in [2.75, 3.05) is 13.7 Å². The normalized spacial score (nSPS) is 19.3. The van der Waals surface area contributed by atoms with Crippen molar-refractivity contribution in [2.45, 2.75) is 37.8 Å². The number of hydrogen-bond donors (Lipinski definition) is 0. The smallest absolute Gasteiger partial charge is 0.271 e. The second-order valence-electron chi connectivity index (χ2n) is 10.4. The standard InChI is InChI=1S/C28H25F3N6O3/c1-27(15-38)13-28(30,31)14-37(27)26(39)22-12-20(16-4-6-18(29)7-5-16)24-19-11-21(25-32-34-35(2)33-25)23(40-3)10-17(19)8-9-36(22)24/h4-7,10-12,15H,8-9,13-14H2,1-3H3. The maximum atomic E-state index is 14.5. The summed E-state index contributed by atoms with van der Waals surface area (Å²) in [5.41, 5.74) is 2.70. The highest BCUT2D eigenvalue weighted by molar-refractivity contribution is 6.00. The van der Waals surface area contributed by atoms with Gasteiger partial charge in [0, 0.05) is 24.1 Å². The lowest BCUT2D eigenvalue weighted by Gasteiger charge is -2.30. The number of aldehydes is 1. The van der Waals surface area contributed by atoms with Crippen LogP contribution in [0.2, 0.25) is 0 Å².